The number of ether oxygens (including phenoxy) is 2. The van der Waals surface area contributed by atoms with Crippen molar-refractivity contribution >= 4 is 23.3 Å². The molecule has 0 aromatic heterocycles. The maximum atomic E-state index is 13.7. The molecule has 212 valence electrons. The van der Waals surface area contributed by atoms with Gasteiger partial charge in [0.2, 0.25) is 0 Å². The third-order valence-electron chi connectivity index (χ3n) is 7.07. The first-order chi connectivity index (χ1) is 19.3. The molecule has 0 aliphatic carbocycles. The number of urea groups is 1. The summed E-state index contributed by atoms with van der Waals surface area (Å²) in [4.78, 5) is 30.5. The Morgan fingerprint density at radius 3 is 2.50 bits per heavy atom. The number of nitrogens with zero attached hydrogens (tertiary/aromatic N) is 2. The molecule has 3 atom stereocenters. The summed E-state index contributed by atoms with van der Waals surface area (Å²) in [7, 11) is 3.62. The second kappa shape index (κ2) is 13.3. The van der Waals surface area contributed by atoms with E-state index in [1.807, 2.05) is 39.1 Å². The number of amides is 3. The maximum Gasteiger partial charge on any atom is 0.323 e. The van der Waals surface area contributed by atoms with Gasteiger partial charge in [-0.25, -0.2) is 4.79 Å². The van der Waals surface area contributed by atoms with E-state index in [1.54, 1.807) is 54.5 Å². The lowest BCUT2D eigenvalue weighted by Gasteiger charge is -2.38. The van der Waals surface area contributed by atoms with Gasteiger partial charge in [0.1, 0.15) is 11.9 Å². The molecule has 0 bridgehead atoms. The van der Waals surface area contributed by atoms with E-state index in [0.717, 1.165) is 6.54 Å². The molecule has 3 aromatic rings. The van der Waals surface area contributed by atoms with Gasteiger partial charge in [0.25, 0.3) is 5.91 Å². The molecule has 9 heteroatoms. The predicted octanol–water partition coefficient (Wildman–Crippen LogP) is 4.69. The minimum absolute atomic E-state index is 0.0505. The van der Waals surface area contributed by atoms with Crippen LogP contribution < -0.4 is 20.1 Å². The number of likely N-dealkylation sites (N-methyl/N-ethyl adjacent to an activating group) is 1. The van der Waals surface area contributed by atoms with Gasteiger partial charge >= 0.3 is 6.03 Å². The quantitative estimate of drug-likeness (QED) is 0.360. The number of carbonyl (C=O) groups is 2. The van der Waals surface area contributed by atoms with Crippen LogP contribution in [0.1, 0.15) is 29.8 Å². The standard InChI is InChI=1S/C31H38N4O5/c1-21-17-35(22(2)20-36)30(37)26-11-8-12-27(33-31(38)32-24-13-15-25(39-4)16-14-24)29(26)40-28(21)19-34(3)18-23-9-6-5-7-10-23/h5-16,21-22,28,36H,17-20H2,1-4H3,(H2,32,33,38)/t21-,22+,28-/m1/s1. The molecule has 3 N–H and O–H groups in total. The highest BCUT2D eigenvalue weighted by Crippen LogP contribution is 2.35. The van der Waals surface area contributed by atoms with Crippen molar-refractivity contribution in [1.29, 1.82) is 0 Å². The van der Waals surface area contributed by atoms with Gasteiger partial charge in [-0.2, -0.15) is 0 Å². The Kier molecular flexibility index (Phi) is 9.63. The summed E-state index contributed by atoms with van der Waals surface area (Å²) in [5.41, 5.74) is 2.50. The molecular formula is C31H38N4O5. The Morgan fingerprint density at radius 1 is 1.10 bits per heavy atom. The lowest BCUT2D eigenvalue weighted by molar-refractivity contribution is 0.0343. The van der Waals surface area contributed by atoms with Gasteiger partial charge in [0.15, 0.2) is 5.75 Å². The summed E-state index contributed by atoms with van der Waals surface area (Å²) >= 11 is 0. The Balaban J connectivity index is 1.61. The van der Waals surface area contributed by atoms with E-state index in [2.05, 4.69) is 27.7 Å². The van der Waals surface area contributed by atoms with E-state index >= 15 is 0 Å². The maximum absolute atomic E-state index is 13.7. The van der Waals surface area contributed by atoms with E-state index in [1.165, 1.54) is 5.56 Å². The number of hydrogen-bond donors (Lipinski definition) is 3. The lowest BCUT2D eigenvalue weighted by atomic mass is 9.99. The van der Waals surface area contributed by atoms with E-state index in [4.69, 9.17) is 9.47 Å². The fraction of sp³-hybridized carbons (Fsp3) is 0.355. The van der Waals surface area contributed by atoms with Crippen LogP contribution in [-0.2, 0) is 6.54 Å². The number of rotatable bonds is 9. The van der Waals surface area contributed by atoms with Crippen LogP contribution in [0.4, 0.5) is 16.2 Å². The zero-order chi connectivity index (χ0) is 28.6. The molecule has 1 aliphatic heterocycles. The number of aliphatic hydroxyl groups excluding tert-OH is 1. The summed E-state index contributed by atoms with van der Waals surface area (Å²) in [5, 5.41) is 15.6. The van der Waals surface area contributed by atoms with Crippen LogP contribution in [0, 0.1) is 5.92 Å². The minimum atomic E-state index is -0.469. The Hall–Kier alpha value is -4.08. The first kappa shape index (κ1) is 28.9. The molecule has 9 nitrogen and oxygen atoms in total. The number of hydrogen-bond acceptors (Lipinski definition) is 6. The topological polar surface area (TPSA) is 103 Å². The normalized spacial score (nSPS) is 17.8. The molecule has 0 saturated heterocycles. The molecule has 3 amide bonds. The number of carbonyl (C=O) groups excluding carboxylic acids is 2. The first-order valence-corrected chi connectivity index (χ1v) is 13.4. The molecule has 1 aliphatic rings. The third-order valence-corrected chi connectivity index (χ3v) is 7.07. The zero-order valence-corrected chi connectivity index (χ0v) is 23.5. The number of benzene rings is 3. The summed E-state index contributed by atoms with van der Waals surface area (Å²) in [6.07, 6.45) is -0.290. The average molecular weight is 547 g/mol. The molecule has 1 heterocycles. The number of nitrogens with one attached hydrogen (secondary N) is 2. The molecule has 0 unspecified atom stereocenters. The van der Waals surface area contributed by atoms with Crippen LogP contribution in [0.25, 0.3) is 0 Å². The van der Waals surface area contributed by atoms with Crippen molar-refractivity contribution in [1.82, 2.24) is 9.80 Å². The summed E-state index contributed by atoms with van der Waals surface area (Å²) in [6.45, 7) is 5.48. The van der Waals surface area contributed by atoms with Crippen LogP contribution in [-0.4, -0.2) is 72.8 Å². The Morgan fingerprint density at radius 2 is 1.82 bits per heavy atom. The highest BCUT2D eigenvalue weighted by atomic mass is 16.5. The molecule has 4 rings (SSSR count). The van der Waals surface area contributed by atoms with Crippen molar-refractivity contribution in [3.05, 3.63) is 83.9 Å². The Bertz CT molecular complexity index is 1280. The van der Waals surface area contributed by atoms with E-state index in [-0.39, 0.29) is 30.6 Å². The van der Waals surface area contributed by atoms with Gasteiger partial charge in [0.05, 0.1) is 31.0 Å². The first-order valence-electron chi connectivity index (χ1n) is 13.4. The van der Waals surface area contributed by atoms with Crippen molar-refractivity contribution < 1.29 is 24.2 Å². The van der Waals surface area contributed by atoms with E-state index in [0.29, 0.717) is 41.5 Å². The van der Waals surface area contributed by atoms with E-state index < -0.39 is 6.03 Å². The number of anilines is 2. The molecule has 0 saturated carbocycles. The number of aliphatic hydroxyl groups is 1. The molecule has 0 spiro atoms. The van der Waals surface area contributed by atoms with Crippen molar-refractivity contribution in [2.24, 2.45) is 5.92 Å². The molecular weight excluding hydrogens is 508 g/mol. The molecule has 3 aromatic carbocycles. The van der Waals surface area contributed by atoms with Gasteiger partial charge in [0, 0.05) is 31.2 Å². The van der Waals surface area contributed by atoms with E-state index in [9.17, 15) is 14.7 Å². The van der Waals surface area contributed by atoms with Crippen molar-refractivity contribution in [3.8, 4) is 11.5 Å². The predicted molar refractivity (Wildman–Crippen MR) is 156 cm³/mol. The number of fused-ring (bicyclic) bond motifs is 1. The van der Waals surface area contributed by atoms with Gasteiger partial charge in [-0.15, -0.1) is 0 Å². The monoisotopic (exact) mass is 546 g/mol. The van der Waals surface area contributed by atoms with Crippen LogP contribution >= 0.6 is 0 Å². The zero-order valence-electron chi connectivity index (χ0n) is 23.5. The average Bonchev–Trinajstić information content (AvgIpc) is 2.95. The molecule has 0 fully saturated rings. The molecule has 40 heavy (non-hydrogen) atoms. The second-order valence-corrected chi connectivity index (χ2v) is 10.3. The van der Waals surface area contributed by atoms with Gasteiger partial charge in [-0.1, -0.05) is 43.3 Å². The van der Waals surface area contributed by atoms with Crippen LogP contribution in [0.3, 0.4) is 0 Å². The highest BCUT2D eigenvalue weighted by molar-refractivity contribution is 6.04. The third kappa shape index (κ3) is 7.11. The fourth-order valence-corrected chi connectivity index (χ4v) is 4.79. The Labute approximate surface area is 235 Å². The van der Waals surface area contributed by atoms with Crippen molar-refractivity contribution in [3.63, 3.8) is 0 Å². The number of para-hydroxylation sites is 1. The van der Waals surface area contributed by atoms with Crippen molar-refractivity contribution in [2.45, 2.75) is 32.5 Å². The smallest absolute Gasteiger partial charge is 0.323 e. The highest BCUT2D eigenvalue weighted by Gasteiger charge is 2.34. The SMILES string of the molecule is COc1ccc(NC(=O)Nc2cccc3c2O[C@H](CN(C)Cc2ccccc2)[C@H](C)CN([C@@H](C)CO)C3=O)cc1. The van der Waals surface area contributed by atoms with Crippen LogP contribution in [0.5, 0.6) is 11.5 Å². The summed E-state index contributed by atoms with van der Waals surface area (Å²) in [6, 6.07) is 21.5. The van der Waals surface area contributed by atoms with Gasteiger partial charge < -0.3 is 30.1 Å². The van der Waals surface area contributed by atoms with Crippen LogP contribution in [0.2, 0.25) is 0 Å². The summed E-state index contributed by atoms with van der Waals surface area (Å²) in [5.74, 6) is 0.697. The minimum Gasteiger partial charge on any atom is -0.497 e. The van der Waals surface area contributed by atoms with Gasteiger partial charge in [-0.05, 0) is 55.9 Å². The van der Waals surface area contributed by atoms with Gasteiger partial charge in [-0.3, -0.25) is 9.69 Å². The van der Waals surface area contributed by atoms with Crippen molar-refractivity contribution in [2.75, 3.05) is 44.5 Å². The largest absolute Gasteiger partial charge is 0.497 e. The van der Waals surface area contributed by atoms with Crippen LogP contribution in [0.15, 0.2) is 72.8 Å². The summed E-state index contributed by atoms with van der Waals surface area (Å²) < 4.78 is 11.8. The lowest BCUT2D eigenvalue weighted by Crippen LogP contribution is -2.49. The number of methoxy groups -OCH3 is 1. The second-order valence-electron chi connectivity index (χ2n) is 10.3. The molecule has 0 radical (unpaired) electrons. The fourth-order valence-electron chi connectivity index (χ4n) is 4.79.